The molecule has 0 unspecified atom stereocenters. The van der Waals surface area contributed by atoms with Crippen molar-refractivity contribution in [2.75, 3.05) is 31.6 Å². The molecule has 138 valence electrons. The highest BCUT2D eigenvalue weighted by molar-refractivity contribution is 5.89. The van der Waals surface area contributed by atoms with Gasteiger partial charge >= 0.3 is 0 Å². The van der Waals surface area contributed by atoms with Crippen LogP contribution in [-0.2, 0) is 0 Å². The van der Waals surface area contributed by atoms with Gasteiger partial charge in [-0.05, 0) is 42.8 Å². The summed E-state index contributed by atoms with van der Waals surface area (Å²) in [6.45, 7) is 2.71. The summed E-state index contributed by atoms with van der Waals surface area (Å²) in [4.78, 5) is 13.3. The van der Waals surface area contributed by atoms with Gasteiger partial charge in [-0.15, -0.1) is 0 Å². The molecule has 6 heteroatoms. The molecule has 2 aliphatic rings. The van der Waals surface area contributed by atoms with E-state index in [1.165, 1.54) is 24.5 Å². The number of hydrogen-bond donors (Lipinski definition) is 0. The summed E-state index contributed by atoms with van der Waals surface area (Å²) in [5.41, 5.74) is 1.65. The van der Waals surface area contributed by atoms with Crippen LogP contribution in [0.25, 0.3) is 10.9 Å². The van der Waals surface area contributed by atoms with Gasteiger partial charge in [-0.3, -0.25) is 4.90 Å². The number of hydrogen-bond acceptors (Lipinski definition) is 4. The molecule has 27 heavy (non-hydrogen) atoms. The smallest absolute Gasteiger partial charge is 0.139 e. The number of benzene rings is 2. The van der Waals surface area contributed by atoms with Crippen LogP contribution in [0.1, 0.15) is 11.6 Å². The van der Waals surface area contributed by atoms with Crippen molar-refractivity contribution in [2.24, 2.45) is 11.8 Å². The third kappa shape index (κ3) is 2.75. The molecule has 3 atom stereocenters. The van der Waals surface area contributed by atoms with E-state index in [1.54, 1.807) is 18.2 Å². The van der Waals surface area contributed by atoms with Crippen LogP contribution in [0.2, 0.25) is 0 Å². The largest absolute Gasteiger partial charge is 0.355 e. The van der Waals surface area contributed by atoms with Crippen molar-refractivity contribution in [3.05, 3.63) is 66.0 Å². The zero-order chi connectivity index (χ0) is 18.5. The van der Waals surface area contributed by atoms with Crippen molar-refractivity contribution in [1.29, 1.82) is 0 Å². The fourth-order valence-corrected chi connectivity index (χ4v) is 4.89. The van der Waals surface area contributed by atoms with Crippen LogP contribution in [0, 0.1) is 23.5 Å². The Morgan fingerprint density at radius 2 is 1.81 bits per heavy atom. The maximum absolute atomic E-state index is 13.8. The van der Waals surface area contributed by atoms with Gasteiger partial charge in [0.2, 0.25) is 0 Å². The predicted octanol–water partition coefficient (Wildman–Crippen LogP) is 3.65. The number of halogens is 2. The number of nitrogens with zero attached hydrogens (tertiary/aromatic N) is 4. The van der Waals surface area contributed by atoms with E-state index in [1.807, 2.05) is 6.07 Å². The van der Waals surface area contributed by atoms with Crippen LogP contribution in [0.3, 0.4) is 0 Å². The van der Waals surface area contributed by atoms with Crippen molar-refractivity contribution in [2.45, 2.75) is 6.04 Å². The molecule has 2 aliphatic heterocycles. The van der Waals surface area contributed by atoms with Crippen LogP contribution >= 0.6 is 0 Å². The van der Waals surface area contributed by atoms with Gasteiger partial charge in [0.05, 0.1) is 5.52 Å². The molecule has 4 nitrogen and oxygen atoms in total. The van der Waals surface area contributed by atoms with Crippen molar-refractivity contribution in [3.8, 4) is 0 Å². The third-order valence-electron chi connectivity index (χ3n) is 5.96. The summed E-state index contributed by atoms with van der Waals surface area (Å²) in [5, 5.41) is 0.870. The Morgan fingerprint density at radius 3 is 2.67 bits per heavy atom. The topological polar surface area (TPSA) is 32.3 Å². The second kappa shape index (κ2) is 6.23. The Morgan fingerprint density at radius 1 is 0.963 bits per heavy atom. The van der Waals surface area contributed by atoms with Crippen molar-refractivity contribution in [1.82, 2.24) is 14.9 Å². The average Bonchev–Trinajstić information content (AvgIpc) is 3.17. The summed E-state index contributed by atoms with van der Waals surface area (Å²) >= 11 is 0. The molecule has 0 saturated carbocycles. The molecular formula is C21H20F2N4. The van der Waals surface area contributed by atoms with Gasteiger partial charge in [-0.1, -0.05) is 12.1 Å². The van der Waals surface area contributed by atoms with E-state index in [9.17, 15) is 8.78 Å². The van der Waals surface area contributed by atoms with Crippen LogP contribution < -0.4 is 4.90 Å². The van der Waals surface area contributed by atoms with Crippen molar-refractivity contribution < 1.29 is 8.78 Å². The maximum Gasteiger partial charge on any atom is 0.139 e. The average molecular weight is 366 g/mol. The first-order valence-corrected chi connectivity index (χ1v) is 9.21. The molecule has 0 amide bonds. The molecule has 0 bridgehead atoms. The van der Waals surface area contributed by atoms with Gasteiger partial charge < -0.3 is 4.90 Å². The van der Waals surface area contributed by atoms with Crippen LogP contribution in [-0.4, -0.2) is 41.5 Å². The number of fused-ring (bicyclic) bond motifs is 2. The highest BCUT2D eigenvalue weighted by Gasteiger charge is 2.46. The Bertz CT molecular complexity index is 1010. The van der Waals surface area contributed by atoms with Crippen molar-refractivity contribution >= 4 is 16.7 Å². The van der Waals surface area contributed by atoms with Gasteiger partial charge in [-0.2, -0.15) is 0 Å². The third-order valence-corrected chi connectivity index (χ3v) is 5.96. The molecule has 3 heterocycles. The number of likely N-dealkylation sites (tertiary alicyclic amines) is 1. The maximum atomic E-state index is 13.8. The zero-order valence-corrected chi connectivity index (χ0v) is 15.0. The molecule has 2 aromatic carbocycles. The fraction of sp³-hybridized carbons (Fsp3) is 0.333. The molecule has 1 aromatic heterocycles. The standard InChI is InChI=1S/C21H20F2N4/c1-26-9-14-10-27(11-18(14)20(26)13-3-2-4-15(22)7-13)21-17-6-5-16(23)8-19(17)24-12-25-21/h2-8,12,14,18,20H,9-11H2,1H3/t14-,18+,20-/m0/s1. The van der Waals surface area contributed by atoms with Crippen LogP contribution in [0.4, 0.5) is 14.6 Å². The lowest BCUT2D eigenvalue weighted by Gasteiger charge is -2.27. The first kappa shape index (κ1) is 16.6. The van der Waals surface area contributed by atoms with E-state index in [4.69, 9.17) is 0 Å². The van der Waals surface area contributed by atoms with E-state index in [-0.39, 0.29) is 17.7 Å². The van der Waals surface area contributed by atoms with E-state index >= 15 is 0 Å². The monoisotopic (exact) mass is 366 g/mol. The first-order chi connectivity index (χ1) is 13.1. The predicted molar refractivity (Wildman–Crippen MR) is 100 cm³/mol. The highest BCUT2D eigenvalue weighted by atomic mass is 19.1. The molecule has 0 spiro atoms. The van der Waals surface area contributed by atoms with E-state index in [0.717, 1.165) is 36.4 Å². The first-order valence-electron chi connectivity index (χ1n) is 9.21. The lowest BCUT2D eigenvalue weighted by atomic mass is 9.89. The second-order valence-electron chi connectivity index (χ2n) is 7.63. The molecule has 0 N–H and O–H groups in total. The Labute approximate surface area is 156 Å². The van der Waals surface area contributed by atoms with Gasteiger partial charge in [0, 0.05) is 43.0 Å². The lowest BCUT2D eigenvalue weighted by Crippen LogP contribution is -2.29. The van der Waals surface area contributed by atoms with E-state index in [0.29, 0.717) is 17.4 Å². The van der Waals surface area contributed by atoms with Gasteiger partial charge in [0.25, 0.3) is 0 Å². The minimum absolute atomic E-state index is 0.192. The summed E-state index contributed by atoms with van der Waals surface area (Å²) in [6, 6.07) is 11.8. The normalized spacial score (nSPS) is 25.3. The Balaban J connectivity index is 1.48. The van der Waals surface area contributed by atoms with Gasteiger partial charge in [0.1, 0.15) is 23.8 Å². The summed E-state index contributed by atoms with van der Waals surface area (Å²) in [6.07, 6.45) is 1.50. The Hall–Kier alpha value is -2.60. The lowest BCUT2D eigenvalue weighted by molar-refractivity contribution is 0.279. The minimum Gasteiger partial charge on any atom is -0.355 e. The SMILES string of the molecule is CN1C[C@H]2CN(c3ncnc4cc(F)ccc34)C[C@H]2[C@@H]1c1cccc(F)c1. The summed E-state index contributed by atoms with van der Waals surface area (Å²) in [7, 11) is 2.11. The number of anilines is 1. The molecule has 2 saturated heterocycles. The van der Waals surface area contributed by atoms with E-state index < -0.39 is 0 Å². The van der Waals surface area contributed by atoms with Crippen molar-refractivity contribution in [3.63, 3.8) is 0 Å². The second-order valence-corrected chi connectivity index (χ2v) is 7.63. The fourth-order valence-electron chi connectivity index (χ4n) is 4.89. The zero-order valence-electron chi connectivity index (χ0n) is 15.0. The molecule has 3 aromatic rings. The molecule has 0 radical (unpaired) electrons. The highest BCUT2D eigenvalue weighted by Crippen LogP contribution is 2.45. The molecular weight excluding hydrogens is 346 g/mol. The van der Waals surface area contributed by atoms with Gasteiger partial charge in [0.15, 0.2) is 0 Å². The summed E-state index contributed by atoms with van der Waals surface area (Å²) < 4.78 is 27.3. The Kier molecular flexibility index (Phi) is 3.82. The molecule has 2 fully saturated rings. The molecule has 0 aliphatic carbocycles. The van der Waals surface area contributed by atoms with E-state index in [2.05, 4.69) is 26.8 Å². The van der Waals surface area contributed by atoms with Gasteiger partial charge in [-0.25, -0.2) is 18.7 Å². The number of aromatic nitrogens is 2. The molecule has 5 rings (SSSR count). The number of rotatable bonds is 2. The van der Waals surface area contributed by atoms with Crippen LogP contribution in [0.5, 0.6) is 0 Å². The summed E-state index contributed by atoms with van der Waals surface area (Å²) in [5.74, 6) is 1.27. The quantitative estimate of drug-likeness (QED) is 0.693. The van der Waals surface area contributed by atoms with Crippen LogP contribution in [0.15, 0.2) is 48.8 Å². The minimum atomic E-state index is -0.293.